The topological polar surface area (TPSA) is 17.1 Å². The summed E-state index contributed by atoms with van der Waals surface area (Å²) in [4.78, 5) is 1.73. The Morgan fingerprint density at radius 2 is 1.50 bits per heavy atom. The maximum atomic E-state index is 11.9. The predicted octanol–water partition coefficient (Wildman–Crippen LogP) is 4.28. The van der Waals surface area contributed by atoms with Crippen LogP contribution in [0.2, 0.25) is 0 Å². The number of hydrogen-bond donors (Lipinski definition) is 0. The summed E-state index contributed by atoms with van der Waals surface area (Å²) >= 11 is 0. The van der Waals surface area contributed by atoms with Crippen molar-refractivity contribution in [3.05, 3.63) is 84.4 Å². The summed E-state index contributed by atoms with van der Waals surface area (Å²) in [7, 11) is -1.02. The Kier molecular flexibility index (Phi) is 7.24. The molecule has 0 aliphatic heterocycles. The standard InChI is InChI=1S/C12H11OS.C5H5.Fe/c1-10-6-8-12(9-7-10)14(13)11-4-2-3-5-11;1-2-4-5-3-1;/h2-9H,1H3;1-5H;/q2*-1;+2/t14-;;/m0../s1. The van der Waals surface area contributed by atoms with Gasteiger partial charge < -0.3 is 0 Å². The molecule has 3 rings (SSSR count). The molecule has 0 aromatic heterocycles. The molecule has 0 unspecified atom stereocenters. The first-order valence-corrected chi connectivity index (χ1v) is 7.29. The minimum atomic E-state index is -1.02. The number of hydrogen-bond acceptors (Lipinski definition) is 1. The van der Waals surface area contributed by atoms with Crippen molar-refractivity contribution >= 4 is 10.8 Å². The van der Waals surface area contributed by atoms with Crippen molar-refractivity contribution in [2.45, 2.75) is 16.7 Å². The van der Waals surface area contributed by atoms with E-state index in [2.05, 4.69) is 0 Å². The molecule has 0 saturated carbocycles. The van der Waals surface area contributed by atoms with Crippen molar-refractivity contribution in [2.24, 2.45) is 0 Å². The zero-order valence-electron chi connectivity index (χ0n) is 11.2. The molecule has 0 N–H and O–H groups in total. The molecule has 0 aliphatic rings. The molecule has 0 spiro atoms. The smallest absolute Gasteiger partial charge is 0.263 e. The monoisotopic (exact) mass is 324 g/mol. The van der Waals surface area contributed by atoms with Gasteiger partial charge in [0.25, 0.3) is 0 Å². The molecule has 0 heterocycles. The molecule has 1 atom stereocenters. The quantitative estimate of drug-likeness (QED) is 0.508. The first-order valence-electron chi connectivity index (χ1n) is 6.14. The zero-order valence-corrected chi connectivity index (χ0v) is 13.1. The molecule has 0 radical (unpaired) electrons. The Morgan fingerprint density at radius 3 is 1.95 bits per heavy atom. The van der Waals surface area contributed by atoms with Crippen LogP contribution in [0.25, 0.3) is 0 Å². The Hall–Kier alpha value is -1.41. The van der Waals surface area contributed by atoms with Crippen LogP contribution in [0.4, 0.5) is 0 Å². The number of benzene rings is 1. The minimum Gasteiger partial charge on any atom is -0.263 e. The first kappa shape index (κ1) is 16.6. The maximum Gasteiger partial charge on any atom is 2.00 e. The van der Waals surface area contributed by atoms with Crippen molar-refractivity contribution in [1.29, 1.82) is 0 Å². The third kappa shape index (κ3) is 4.93. The summed E-state index contributed by atoms with van der Waals surface area (Å²) in [5.41, 5.74) is 1.19. The Labute approximate surface area is 133 Å². The SMILES string of the molecule is Cc1ccc([S@@](=O)[c-]2cccc2)cc1.[Fe+2].c1cc[cH-]c1. The molecule has 0 amide bonds. The molecule has 3 aromatic carbocycles. The average Bonchev–Trinajstić information content (AvgIpc) is 3.15. The Morgan fingerprint density at radius 1 is 0.950 bits per heavy atom. The van der Waals surface area contributed by atoms with Gasteiger partial charge in [-0.25, -0.2) is 24.3 Å². The van der Waals surface area contributed by atoms with Crippen LogP contribution in [0.1, 0.15) is 5.56 Å². The van der Waals surface area contributed by atoms with Gasteiger partial charge in [-0.3, -0.25) is 4.21 Å². The largest absolute Gasteiger partial charge is 2.00 e. The Bertz CT molecular complexity index is 578. The molecule has 0 saturated heterocycles. The molecule has 3 aromatic rings. The van der Waals surface area contributed by atoms with Crippen LogP contribution in [0, 0.1) is 6.92 Å². The fourth-order valence-electron chi connectivity index (χ4n) is 1.60. The van der Waals surface area contributed by atoms with E-state index in [-0.39, 0.29) is 17.1 Å². The minimum absolute atomic E-state index is 0. The second-order valence-corrected chi connectivity index (χ2v) is 5.64. The van der Waals surface area contributed by atoms with E-state index in [1.54, 1.807) is 0 Å². The van der Waals surface area contributed by atoms with Crippen LogP contribution in [0.3, 0.4) is 0 Å². The van der Waals surface area contributed by atoms with Gasteiger partial charge in [-0.2, -0.15) is 30.3 Å². The maximum absolute atomic E-state index is 11.9. The molecule has 0 bridgehead atoms. The Balaban J connectivity index is 0.000000283. The van der Waals surface area contributed by atoms with Crippen molar-refractivity contribution in [1.82, 2.24) is 0 Å². The van der Waals surface area contributed by atoms with Gasteiger partial charge in [-0.1, -0.05) is 22.6 Å². The van der Waals surface area contributed by atoms with Crippen LogP contribution in [-0.4, -0.2) is 4.21 Å². The fourth-order valence-corrected chi connectivity index (χ4v) is 2.66. The van der Waals surface area contributed by atoms with Crippen molar-refractivity contribution < 1.29 is 21.3 Å². The van der Waals surface area contributed by atoms with Crippen LogP contribution in [-0.2, 0) is 27.9 Å². The average molecular weight is 324 g/mol. The van der Waals surface area contributed by atoms with Gasteiger partial charge in [-0.15, -0.1) is 0 Å². The molecule has 3 heteroatoms. The fraction of sp³-hybridized carbons (Fsp3) is 0.0588. The molecule has 0 fully saturated rings. The third-order valence-corrected chi connectivity index (χ3v) is 4.04. The van der Waals surface area contributed by atoms with Gasteiger partial charge in [-0.05, 0) is 19.1 Å². The van der Waals surface area contributed by atoms with Gasteiger partial charge in [0.1, 0.15) is 0 Å². The van der Waals surface area contributed by atoms with Crippen molar-refractivity contribution in [2.75, 3.05) is 0 Å². The third-order valence-electron chi connectivity index (χ3n) is 2.64. The molecule has 1 nitrogen and oxygen atoms in total. The normalized spacial score (nSPS) is 10.8. The van der Waals surface area contributed by atoms with Gasteiger partial charge in [0.2, 0.25) is 0 Å². The summed E-state index contributed by atoms with van der Waals surface area (Å²) < 4.78 is 11.9. The van der Waals surface area contributed by atoms with Gasteiger partial charge >= 0.3 is 17.1 Å². The molecule has 104 valence electrons. The van der Waals surface area contributed by atoms with E-state index in [0.29, 0.717) is 0 Å². The van der Waals surface area contributed by atoms with Crippen LogP contribution < -0.4 is 0 Å². The van der Waals surface area contributed by atoms with E-state index in [4.69, 9.17) is 0 Å². The van der Waals surface area contributed by atoms with E-state index in [1.807, 2.05) is 85.8 Å². The molecule has 20 heavy (non-hydrogen) atoms. The van der Waals surface area contributed by atoms with Crippen LogP contribution in [0.15, 0.2) is 88.7 Å². The first-order chi connectivity index (χ1) is 9.27. The summed E-state index contributed by atoms with van der Waals surface area (Å²) in [5.74, 6) is 0. The van der Waals surface area contributed by atoms with Gasteiger partial charge in [0.15, 0.2) is 0 Å². The summed E-state index contributed by atoms with van der Waals surface area (Å²) in [6, 6.07) is 25.4. The summed E-state index contributed by atoms with van der Waals surface area (Å²) in [6.45, 7) is 2.02. The number of rotatable bonds is 2. The van der Waals surface area contributed by atoms with E-state index in [9.17, 15) is 4.21 Å². The van der Waals surface area contributed by atoms with Crippen LogP contribution >= 0.6 is 0 Å². The molecular formula is C17H16FeOS. The van der Waals surface area contributed by atoms with E-state index in [1.165, 1.54) is 5.56 Å². The molecular weight excluding hydrogens is 308 g/mol. The predicted molar refractivity (Wildman–Crippen MR) is 79.9 cm³/mol. The van der Waals surface area contributed by atoms with E-state index in [0.717, 1.165) is 9.79 Å². The van der Waals surface area contributed by atoms with Gasteiger partial charge in [0, 0.05) is 15.7 Å². The van der Waals surface area contributed by atoms with E-state index < -0.39 is 10.8 Å². The second-order valence-electron chi connectivity index (χ2n) is 4.16. The summed E-state index contributed by atoms with van der Waals surface area (Å²) in [6.07, 6.45) is 0. The second kappa shape index (κ2) is 8.70. The van der Waals surface area contributed by atoms with Gasteiger partial charge in [0.05, 0.1) is 0 Å². The van der Waals surface area contributed by atoms with Crippen molar-refractivity contribution in [3.8, 4) is 0 Å². The van der Waals surface area contributed by atoms with Crippen LogP contribution in [0.5, 0.6) is 0 Å². The zero-order chi connectivity index (χ0) is 13.5. The van der Waals surface area contributed by atoms with Crippen molar-refractivity contribution in [3.63, 3.8) is 0 Å². The summed E-state index contributed by atoms with van der Waals surface area (Å²) in [5, 5.41) is 0. The number of aryl methyl sites for hydroxylation is 1. The molecule has 0 aliphatic carbocycles. The van der Waals surface area contributed by atoms with E-state index >= 15 is 0 Å².